The fourth-order valence-corrected chi connectivity index (χ4v) is 2.29. The van der Waals surface area contributed by atoms with E-state index in [2.05, 4.69) is 9.71 Å². The lowest BCUT2D eigenvalue weighted by molar-refractivity contribution is 0.294. The number of anilines is 1. The van der Waals surface area contributed by atoms with E-state index in [1.54, 1.807) is 12.3 Å². The fraction of sp³-hybridized carbons (Fsp3) is 0.615. The van der Waals surface area contributed by atoms with Crippen LogP contribution in [0.1, 0.15) is 39.3 Å². The van der Waals surface area contributed by atoms with Gasteiger partial charge in [0, 0.05) is 11.6 Å². The van der Waals surface area contributed by atoms with E-state index >= 15 is 0 Å². The van der Waals surface area contributed by atoms with Gasteiger partial charge in [0.15, 0.2) is 5.75 Å². The number of nitrogens with zero attached hydrogens (tertiary/aromatic N) is 1. The highest BCUT2D eigenvalue weighted by atomic mass is 32.2. The zero-order valence-corrected chi connectivity index (χ0v) is 12.5. The van der Waals surface area contributed by atoms with E-state index in [4.69, 9.17) is 4.74 Å². The normalized spacial score (nSPS) is 16.2. The quantitative estimate of drug-likeness (QED) is 0.921. The largest absolute Gasteiger partial charge is 0.486 e. The summed E-state index contributed by atoms with van der Waals surface area (Å²) < 4.78 is 31.2. The van der Waals surface area contributed by atoms with Crippen LogP contribution in [0.2, 0.25) is 0 Å². The van der Waals surface area contributed by atoms with Crippen molar-refractivity contribution < 1.29 is 13.2 Å². The zero-order chi connectivity index (χ0) is 14.3. The van der Waals surface area contributed by atoms with Gasteiger partial charge in [-0.05, 0) is 18.9 Å². The molecule has 0 radical (unpaired) electrons. The number of aromatic nitrogens is 1. The Bertz CT molecular complexity index is 572. The first-order chi connectivity index (χ1) is 8.67. The number of ether oxygens (including phenoxy) is 1. The van der Waals surface area contributed by atoms with E-state index in [9.17, 15) is 8.42 Å². The minimum Gasteiger partial charge on any atom is -0.486 e. The number of rotatable bonds is 4. The molecule has 0 bridgehead atoms. The maximum atomic E-state index is 11.4. The minimum absolute atomic E-state index is 0.186. The summed E-state index contributed by atoms with van der Waals surface area (Å²) in [5, 5.41) is 0. The maximum Gasteiger partial charge on any atom is 0.229 e. The van der Waals surface area contributed by atoms with Crippen molar-refractivity contribution in [3.05, 3.63) is 18.0 Å². The van der Waals surface area contributed by atoms with Crippen LogP contribution in [0.5, 0.6) is 5.75 Å². The summed E-state index contributed by atoms with van der Waals surface area (Å²) >= 11 is 0. The molecule has 19 heavy (non-hydrogen) atoms. The predicted molar refractivity (Wildman–Crippen MR) is 75.1 cm³/mol. The van der Waals surface area contributed by atoms with Crippen LogP contribution in [-0.2, 0) is 15.4 Å². The molecule has 0 amide bonds. The van der Waals surface area contributed by atoms with Gasteiger partial charge < -0.3 is 4.74 Å². The predicted octanol–water partition coefficient (Wildman–Crippen LogP) is 2.29. The van der Waals surface area contributed by atoms with E-state index in [0.29, 0.717) is 11.4 Å². The highest BCUT2D eigenvalue weighted by Gasteiger charge is 2.30. The molecule has 5 nitrogen and oxygen atoms in total. The summed E-state index contributed by atoms with van der Waals surface area (Å²) in [5.74, 6) is 0.558. The van der Waals surface area contributed by atoms with Crippen molar-refractivity contribution in [1.29, 1.82) is 0 Å². The number of nitrogens with one attached hydrogen (secondary N) is 1. The number of hydrogen-bond acceptors (Lipinski definition) is 4. The maximum absolute atomic E-state index is 11.4. The van der Waals surface area contributed by atoms with Crippen LogP contribution in [0.15, 0.2) is 12.3 Å². The van der Waals surface area contributed by atoms with Gasteiger partial charge in [-0.15, -0.1) is 0 Å². The van der Waals surface area contributed by atoms with Gasteiger partial charge in [-0.25, -0.2) is 8.42 Å². The summed E-state index contributed by atoms with van der Waals surface area (Å²) in [5.41, 5.74) is 1.03. The van der Waals surface area contributed by atoms with Gasteiger partial charge in [-0.2, -0.15) is 0 Å². The molecule has 0 spiro atoms. The monoisotopic (exact) mass is 284 g/mol. The van der Waals surface area contributed by atoms with Crippen molar-refractivity contribution in [1.82, 2.24) is 4.98 Å². The molecule has 0 unspecified atom stereocenters. The van der Waals surface area contributed by atoms with Crippen LogP contribution in [0.25, 0.3) is 0 Å². The van der Waals surface area contributed by atoms with E-state index in [1.807, 2.05) is 20.8 Å². The Morgan fingerprint density at radius 3 is 2.47 bits per heavy atom. The first-order valence-corrected chi connectivity index (χ1v) is 8.20. The molecular weight excluding hydrogens is 264 g/mol. The SMILES string of the molecule is CC(C)(C)c1nccc(NS(C)(=O)=O)c1OC1CC1. The Kier molecular flexibility index (Phi) is 3.47. The summed E-state index contributed by atoms with van der Waals surface area (Å²) in [7, 11) is -3.34. The van der Waals surface area contributed by atoms with E-state index < -0.39 is 10.0 Å². The van der Waals surface area contributed by atoms with E-state index in [1.165, 1.54) is 0 Å². The third kappa shape index (κ3) is 3.83. The van der Waals surface area contributed by atoms with Crippen molar-refractivity contribution >= 4 is 15.7 Å². The second kappa shape index (κ2) is 4.67. The summed E-state index contributed by atoms with van der Waals surface area (Å²) in [6, 6.07) is 1.63. The molecule has 1 N–H and O–H groups in total. The third-order valence-electron chi connectivity index (χ3n) is 2.72. The summed E-state index contributed by atoms with van der Waals surface area (Å²) in [6.45, 7) is 6.08. The molecule has 1 aliphatic rings. The molecule has 2 rings (SSSR count). The smallest absolute Gasteiger partial charge is 0.229 e. The van der Waals surface area contributed by atoms with Crippen LogP contribution in [0.4, 0.5) is 5.69 Å². The molecule has 0 aromatic carbocycles. The Morgan fingerprint density at radius 1 is 1.37 bits per heavy atom. The second-order valence-corrected chi connectivity index (χ2v) is 7.73. The average molecular weight is 284 g/mol. The standard InChI is InChI=1S/C13H20N2O3S/c1-13(2,3)12-11(18-9-5-6-9)10(7-8-14-12)15-19(4,16)17/h7-9H,5-6H2,1-4H3,(H,14,15). The molecule has 1 aromatic heterocycles. The Morgan fingerprint density at radius 2 is 2.00 bits per heavy atom. The van der Waals surface area contributed by atoms with E-state index in [-0.39, 0.29) is 11.5 Å². The highest BCUT2D eigenvalue weighted by Crippen LogP contribution is 2.39. The molecule has 106 valence electrons. The van der Waals surface area contributed by atoms with Gasteiger partial charge in [-0.1, -0.05) is 20.8 Å². The van der Waals surface area contributed by atoms with Gasteiger partial charge in [-0.3, -0.25) is 9.71 Å². The Hall–Kier alpha value is -1.30. The van der Waals surface area contributed by atoms with Crippen molar-refractivity contribution in [3.8, 4) is 5.75 Å². The van der Waals surface area contributed by atoms with Crippen LogP contribution in [-0.4, -0.2) is 25.8 Å². The lowest BCUT2D eigenvalue weighted by atomic mass is 9.90. The summed E-state index contributed by atoms with van der Waals surface area (Å²) in [4.78, 5) is 4.36. The second-order valence-electron chi connectivity index (χ2n) is 5.98. The van der Waals surface area contributed by atoms with Crippen molar-refractivity contribution in [2.24, 2.45) is 0 Å². The number of pyridine rings is 1. The zero-order valence-electron chi connectivity index (χ0n) is 11.7. The molecule has 1 aliphatic carbocycles. The van der Waals surface area contributed by atoms with Crippen LogP contribution >= 0.6 is 0 Å². The first-order valence-electron chi connectivity index (χ1n) is 6.31. The first kappa shape index (κ1) is 14.1. The topological polar surface area (TPSA) is 68.3 Å². The minimum atomic E-state index is -3.34. The Balaban J connectivity index is 2.46. The van der Waals surface area contributed by atoms with Gasteiger partial charge in [0.1, 0.15) is 0 Å². The van der Waals surface area contributed by atoms with E-state index in [0.717, 1.165) is 24.8 Å². The summed E-state index contributed by atoms with van der Waals surface area (Å²) in [6.07, 6.45) is 4.94. The van der Waals surface area contributed by atoms with Crippen molar-refractivity contribution in [2.75, 3.05) is 11.0 Å². The van der Waals surface area contributed by atoms with Crippen molar-refractivity contribution in [2.45, 2.75) is 45.1 Å². The fourth-order valence-electron chi connectivity index (χ4n) is 1.73. The molecule has 1 heterocycles. The average Bonchev–Trinajstić information content (AvgIpc) is 3.00. The Labute approximate surface area is 114 Å². The van der Waals surface area contributed by atoms with Gasteiger partial charge in [0.25, 0.3) is 0 Å². The van der Waals surface area contributed by atoms with Crippen molar-refractivity contribution in [3.63, 3.8) is 0 Å². The molecule has 1 aromatic rings. The molecule has 0 atom stereocenters. The number of hydrogen-bond donors (Lipinski definition) is 1. The molecule has 1 fully saturated rings. The van der Waals surface area contributed by atoms with Gasteiger partial charge in [0.2, 0.25) is 10.0 Å². The molecular formula is C13H20N2O3S. The van der Waals surface area contributed by atoms with Crippen LogP contribution in [0, 0.1) is 0 Å². The molecule has 1 saturated carbocycles. The van der Waals surface area contributed by atoms with Crippen LogP contribution < -0.4 is 9.46 Å². The van der Waals surface area contributed by atoms with Gasteiger partial charge >= 0.3 is 0 Å². The molecule has 0 saturated heterocycles. The molecule has 0 aliphatic heterocycles. The number of sulfonamides is 1. The van der Waals surface area contributed by atoms with Crippen LogP contribution in [0.3, 0.4) is 0 Å². The lowest BCUT2D eigenvalue weighted by Gasteiger charge is -2.23. The lowest BCUT2D eigenvalue weighted by Crippen LogP contribution is -2.19. The molecule has 6 heteroatoms. The third-order valence-corrected chi connectivity index (χ3v) is 3.31. The van der Waals surface area contributed by atoms with Gasteiger partial charge in [0.05, 0.1) is 23.7 Å². The highest BCUT2D eigenvalue weighted by molar-refractivity contribution is 7.92.